The monoisotopic (exact) mass is 718 g/mol. The largest absolute Gasteiger partial charge is 0.472 e. The number of nitrogens with one attached hydrogen (secondary N) is 1. The zero-order valence-corrected chi connectivity index (χ0v) is 26.1. The van der Waals surface area contributed by atoms with Gasteiger partial charge in [0.15, 0.2) is 35.1 Å². The van der Waals surface area contributed by atoms with E-state index in [0.717, 1.165) is 10.9 Å². The normalized spacial score (nSPS) is 33.0. The lowest BCUT2D eigenvalue weighted by atomic mass is 10.1. The Bertz CT molecular complexity index is 2040. The van der Waals surface area contributed by atoms with Gasteiger partial charge in [-0.1, -0.05) is 0 Å². The molecule has 1 aliphatic carbocycles. The third kappa shape index (κ3) is 5.49. The molecule has 3 fully saturated rings. The number of methoxy groups -OCH3 is 1. The van der Waals surface area contributed by atoms with Gasteiger partial charge in [0.1, 0.15) is 48.0 Å². The lowest BCUT2D eigenvalue weighted by Gasteiger charge is -2.27. The first kappa shape index (κ1) is 33.0. The van der Waals surface area contributed by atoms with Crippen LogP contribution in [0.15, 0.2) is 23.8 Å². The van der Waals surface area contributed by atoms with Crippen LogP contribution in [0.4, 0.5) is 11.8 Å². The zero-order valence-electron chi connectivity index (χ0n) is 24.4. The predicted molar refractivity (Wildman–Crippen MR) is 154 cm³/mol. The van der Waals surface area contributed by atoms with E-state index in [1.807, 2.05) is 0 Å². The minimum absolute atomic E-state index is 0.0565. The molecule has 0 aromatic carbocycles. The number of ether oxygens (including phenoxy) is 3. The summed E-state index contributed by atoms with van der Waals surface area (Å²) in [5.41, 5.74) is 9.44. The molecule has 48 heavy (non-hydrogen) atoms. The van der Waals surface area contributed by atoms with Gasteiger partial charge in [-0.15, -0.1) is 0 Å². The molecule has 26 heteroatoms. The van der Waals surface area contributed by atoms with Crippen molar-refractivity contribution in [3.05, 3.63) is 29.3 Å². The van der Waals surface area contributed by atoms with Crippen molar-refractivity contribution in [1.29, 1.82) is 0 Å². The highest BCUT2D eigenvalue weighted by Crippen LogP contribution is 2.67. The van der Waals surface area contributed by atoms with Crippen LogP contribution < -0.4 is 17.0 Å². The predicted octanol–water partition coefficient (Wildman–Crippen LogP) is -2.73. The summed E-state index contributed by atoms with van der Waals surface area (Å²) >= 11 is 0. The molecule has 0 amide bonds. The van der Waals surface area contributed by atoms with Gasteiger partial charge in [0.2, 0.25) is 5.95 Å². The van der Waals surface area contributed by atoms with Crippen LogP contribution in [-0.2, 0) is 36.9 Å². The number of nitrogen functional groups attached to an aromatic ring is 2. The number of imidazole rings is 2. The number of nitrogens with two attached hydrogens (primary N) is 2. The third-order valence-corrected chi connectivity index (χ3v) is 9.77. The number of aromatic nitrogens is 8. The van der Waals surface area contributed by atoms with E-state index in [2.05, 4.69) is 29.9 Å². The van der Waals surface area contributed by atoms with E-state index in [0.29, 0.717) is 0 Å². The van der Waals surface area contributed by atoms with Crippen LogP contribution in [0, 0.1) is 5.92 Å². The molecule has 2 saturated heterocycles. The highest BCUT2D eigenvalue weighted by molar-refractivity contribution is 7.47. The number of hydrogen-bond acceptors (Lipinski definition) is 18. The SMILES string of the molecule is COC1C2C(OP(=O)(O)OC[C@H]3O[C@@H](n4cnc5c(=O)[nH]c(N)nc54)C(O)C3O)C2(COP(=O)(O)O)O[C@H]1n1cnc2c(N)ncnc21. The third-order valence-electron chi connectivity index (χ3n) is 8.34. The minimum atomic E-state index is -5.05. The molecule has 10 N–H and O–H groups in total. The molecule has 7 unspecified atom stereocenters. The van der Waals surface area contributed by atoms with Gasteiger partial charge in [0, 0.05) is 7.11 Å². The molecular weight excluding hydrogens is 690 g/mol. The smallest absolute Gasteiger partial charge is 0.387 e. The second kappa shape index (κ2) is 11.6. The maximum atomic E-state index is 13.2. The van der Waals surface area contributed by atoms with E-state index in [1.54, 1.807) is 0 Å². The number of hydrogen-bond donors (Lipinski definition) is 8. The molecule has 6 heterocycles. The summed E-state index contributed by atoms with van der Waals surface area (Å²) in [4.78, 5) is 64.0. The van der Waals surface area contributed by atoms with E-state index in [4.69, 9.17) is 39.2 Å². The van der Waals surface area contributed by atoms with Crippen LogP contribution in [0.1, 0.15) is 12.5 Å². The molecule has 4 aromatic heterocycles. The standard InChI is InChI=1S/C22H28N10O14P2/c1-41-13-8-14(22(8,3-43-47(36,37)38)45-20(13)31-5-27-9-15(23)25-4-26-16(9)31)46-48(39,40)42-2-7-11(33)12(34)19(44-7)32-6-28-10-17(32)29-21(24)30-18(10)35/h4-8,11-14,19-20,33-34H,2-3H2,1H3,(H,39,40)(H2,23,25,26)(H2,36,37,38)(H3,24,29,30,35)/t7-,8?,11?,12?,13?,14?,19-,20-,22?/m1/s1. The number of aliphatic hydroxyl groups is 2. The fraction of sp³-hybridized carbons (Fsp3) is 0.545. The maximum Gasteiger partial charge on any atom is 0.472 e. The Morgan fingerprint density at radius 2 is 1.71 bits per heavy atom. The summed E-state index contributed by atoms with van der Waals surface area (Å²) in [5, 5.41) is 21.3. The molecule has 7 rings (SSSR count). The molecule has 4 aromatic rings. The van der Waals surface area contributed by atoms with E-state index >= 15 is 0 Å². The number of aliphatic hydroxyl groups excluding tert-OH is 2. The van der Waals surface area contributed by atoms with Crippen LogP contribution in [0.2, 0.25) is 0 Å². The summed E-state index contributed by atoms with van der Waals surface area (Å²) < 4.78 is 60.1. The molecule has 1 saturated carbocycles. The Morgan fingerprint density at radius 3 is 2.42 bits per heavy atom. The summed E-state index contributed by atoms with van der Waals surface area (Å²) in [6.45, 7) is -1.57. The van der Waals surface area contributed by atoms with Gasteiger partial charge in [0.25, 0.3) is 5.56 Å². The molecule has 10 atom stereocenters. The second-order valence-corrected chi connectivity index (χ2v) is 13.8. The van der Waals surface area contributed by atoms with Crippen molar-refractivity contribution in [3.8, 4) is 0 Å². The number of phosphoric acid groups is 2. The number of aromatic amines is 1. The molecule has 260 valence electrons. The van der Waals surface area contributed by atoms with Crippen molar-refractivity contribution in [2.24, 2.45) is 5.92 Å². The van der Waals surface area contributed by atoms with Crippen molar-refractivity contribution >= 4 is 49.7 Å². The summed E-state index contributed by atoms with van der Waals surface area (Å²) in [5.74, 6) is -1.09. The fourth-order valence-corrected chi connectivity index (χ4v) is 7.49. The van der Waals surface area contributed by atoms with E-state index in [-0.39, 0.29) is 34.1 Å². The highest BCUT2D eigenvalue weighted by Gasteiger charge is 2.79. The zero-order chi connectivity index (χ0) is 34.3. The lowest BCUT2D eigenvalue weighted by Crippen LogP contribution is -2.34. The van der Waals surface area contributed by atoms with Crippen LogP contribution in [0.3, 0.4) is 0 Å². The van der Waals surface area contributed by atoms with Gasteiger partial charge in [-0.2, -0.15) is 4.98 Å². The fourth-order valence-electron chi connectivity index (χ4n) is 6.13. The maximum absolute atomic E-state index is 13.2. The summed E-state index contributed by atoms with van der Waals surface area (Å²) in [7, 11) is -8.78. The van der Waals surface area contributed by atoms with Gasteiger partial charge in [0.05, 0.1) is 31.8 Å². The van der Waals surface area contributed by atoms with Crippen molar-refractivity contribution < 1.29 is 61.8 Å². The van der Waals surface area contributed by atoms with Crippen molar-refractivity contribution in [1.82, 2.24) is 39.0 Å². The van der Waals surface area contributed by atoms with Crippen LogP contribution in [-0.4, -0.2) is 120 Å². The number of H-pyrrole nitrogens is 1. The molecule has 3 aliphatic rings. The minimum Gasteiger partial charge on any atom is -0.387 e. The summed E-state index contributed by atoms with van der Waals surface area (Å²) in [6.07, 6.45) is -5.69. The Morgan fingerprint density at radius 1 is 1.00 bits per heavy atom. The Kier molecular flexibility index (Phi) is 7.95. The molecule has 0 spiro atoms. The molecule has 0 bridgehead atoms. The first-order valence-electron chi connectivity index (χ1n) is 13.9. The Labute approximate surface area is 266 Å². The van der Waals surface area contributed by atoms with Crippen molar-refractivity contribution in [3.63, 3.8) is 0 Å². The number of nitrogens with zero attached hydrogens (tertiary/aromatic N) is 7. The van der Waals surface area contributed by atoms with Crippen LogP contribution in [0.25, 0.3) is 22.3 Å². The van der Waals surface area contributed by atoms with Gasteiger partial charge in [-0.3, -0.25) is 32.5 Å². The Balaban J connectivity index is 1.07. The van der Waals surface area contributed by atoms with Gasteiger partial charge < -0.3 is 50.6 Å². The van der Waals surface area contributed by atoms with Crippen molar-refractivity contribution in [2.45, 2.75) is 48.6 Å². The number of fused-ring (bicyclic) bond motifs is 3. The van der Waals surface area contributed by atoms with Gasteiger partial charge in [-0.05, 0) is 0 Å². The van der Waals surface area contributed by atoms with Gasteiger partial charge >= 0.3 is 15.6 Å². The molecule has 2 aliphatic heterocycles. The average Bonchev–Trinajstić information content (AvgIpc) is 3.53. The molecule has 24 nitrogen and oxygen atoms in total. The number of anilines is 2. The van der Waals surface area contributed by atoms with E-state index in [1.165, 1.54) is 24.3 Å². The second-order valence-electron chi connectivity index (χ2n) is 11.1. The first-order valence-corrected chi connectivity index (χ1v) is 16.9. The van der Waals surface area contributed by atoms with Gasteiger partial charge in [-0.25, -0.2) is 29.1 Å². The first-order chi connectivity index (χ1) is 22.6. The molecule has 0 radical (unpaired) electrons. The quantitative estimate of drug-likeness (QED) is 0.0729. The van der Waals surface area contributed by atoms with Crippen molar-refractivity contribution in [2.75, 3.05) is 31.8 Å². The average molecular weight is 718 g/mol. The topological polar surface area (TPSA) is 350 Å². The lowest BCUT2D eigenvalue weighted by molar-refractivity contribution is -0.121. The van der Waals surface area contributed by atoms with E-state index < -0.39 is 88.9 Å². The number of rotatable bonds is 11. The van der Waals surface area contributed by atoms with Crippen LogP contribution >= 0.6 is 15.6 Å². The van der Waals surface area contributed by atoms with E-state index in [9.17, 15) is 38.8 Å². The summed E-state index contributed by atoms with van der Waals surface area (Å²) in [6, 6.07) is 0. The Hall–Kier alpha value is -3.48. The molecular formula is C22H28N10O14P2. The van der Waals surface area contributed by atoms with Crippen LogP contribution in [0.5, 0.6) is 0 Å². The number of phosphoric ester groups is 2. The highest BCUT2D eigenvalue weighted by atomic mass is 31.2.